The molecule has 0 radical (unpaired) electrons. The van der Waals surface area contributed by atoms with Gasteiger partial charge in [-0.3, -0.25) is 4.79 Å². The summed E-state index contributed by atoms with van der Waals surface area (Å²) in [4.78, 5) is 15.4. The maximum Gasteiger partial charge on any atom is 0.179 e. The molecule has 0 amide bonds. The molecule has 0 saturated carbocycles. The number of nitrogens with zero attached hydrogens (tertiary/aromatic N) is 2. The highest BCUT2D eigenvalue weighted by molar-refractivity contribution is 6.26. The highest BCUT2D eigenvalue weighted by Crippen LogP contribution is 2.06. The van der Waals surface area contributed by atoms with E-state index in [1.165, 1.54) is 0 Å². The number of aryl methyl sites for hydroxylation is 1. The van der Waals surface area contributed by atoms with Gasteiger partial charge < -0.3 is 4.57 Å². The second-order valence-electron chi connectivity index (χ2n) is 3.52. The largest absolute Gasteiger partial charge is 0.334 e. The van der Waals surface area contributed by atoms with E-state index in [1.807, 2.05) is 23.7 Å². The first-order valence-corrected chi connectivity index (χ1v) is 4.42. The van der Waals surface area contributed by atoms with Gasteiger partial charge in [0, 0.05) is 7.05 Å². The number of carbonyl (C=O) groups excluding carboxylic acids is 1. The van der Waals surface area contributed by atoms with Crippen LogP contribution < -0.4 is 10.4 Å². The summed E-state index contributed by atoms with van der Waals surface area (Å²) in [5.41, 5.74) is 1.99. The van der Waals surface area contributed by atoms with Crippen LogP contribution in [0.25, 0.3) is 23.2 Å². The van der Waals surface area contributed by atoms with E-state index < -0.39 is 0 Å². The van der Waals surface area contributed by atoms with Crippen molar-refractivity contribution in [1.82, 2.24) is 9.55 Å². The Labute approximate surface area is 80.0 Å². The SMILES string of the molecule is Cn1cnc2cc3c(cc21)=CC(=O)C=3. The molecule has 0 atom stereocenters. The highest BCUT2D eigenvalue weighted by Gasteiger charge is 2.05. The molecule has 1 heterocycles. The molecular formula is C11H8N2O. The van der Waals surface area contributed by atoms with Gasteiger partial charge in [-0.2, -0.15) is 0 Å². The van der Waals surface area contributed by atoms with Crippen LogP contribution >= 0.6 is 0 Å². The number of hydrogen-bond donors (Lipinski definition) is 0. The first kappa shape index (κ1) is 7.50. The summed E-state index contributed by atoms with van der Waals surface area (Å²) in [5, 5.41) is 1.97. The number of Topliss-reactive ketones (excluding diaryl/α,β-unsaturated/α-hetero) is 1. The molecule has 3 rings (SSSR count). The van der Waals surface area contributed by atoms with Crippen LogP contribution in [0.2, 0.25) is 0 Å². The van der Waals surface area contributed by atoms with Gasteiger partial charge in [-0.05, 0) is 34.7 Å². The van der Waals surface area contributed by atoms with Crippen LogP contribution in [0.4, 0.5) is 0 Å². The zero-order valence-electron chi connectivity index (χ0n) is 7.69. The molecule has 3 heteroatoms. The van der Waals surface area contributed by atoms with Gasteiger partial charge in [0.05, 0.1) is 17.4 Å². The fourth-order valence-corrected chi connectivity index (χ4v) is 1.80. The zero-order valence-corrected chi connectivity index (χ0v) is 7.69. The lowest BCUT2D eigenvalue weighted by atomic mass is 10.2. The topological polar surface area (TPSA) is 34.9 Å². The monoisotopic (exact) mass is 184 g/mol. The summed E-state index contributed by atoms with van der Waals surface area (Å²) >= 11 is 0. The molecule has 2 aromatic rings. The van der Waals surface area contributed by atoms with Crippen LogP contribution in [0.15, 0.2) is 18.5 Å². The summed E-state index contributed by atoms with van der Waals surface area (Å²) in [5.74, 6) is 0.0651. The molecule has 0 N–H and O–H groups in total. The molecule has 0 unspecified atom stereocenters. The van der Waals surface area contributed by atoms with Gasteiger partial charge >= 0.3 is 0 Å². The number of hydrogen-bond acceptors (Lipinski definition) is 2. The number of rotatable bonds is 0. The molecule has 0 fully saturated rings. The lowest BCUT2D eigenvalue weighted by molar-refractivity contribution is -0.107. The molecule has 0 aliphatic heterocycles. The number of aromatic nitrogens is 2. The zero-order chi connectivity index (χ0) is 9.71. The predicted octanol–water partition coefficient (Wildman–Crippen LogP) is -0.283. The van der Waals surface area contributed by atoms with Gasteiger partial charge in [0.25, 0.3) is 0 Å². The average molecular weight is 184 g/mol. The van der Waals surface area contributed by atoms with Crippen LogP contribution in [0.1, 0.15) is 0 Å². The van der Waals surface area contributed by atoms with Crippen molar-refractivity contribution in [3.63, 3.8) is 0 Å². The third-order valence-corrected chi connectivity index (χ3v) is 2.53. The van der Waals surface area contributed by atoms with E-state index in [-0.39, 0.29) is 5.78 Å². The second-order valence-corrected chi connectivity index (χ2v) is 3.52. The summed E-state index contributed by atoms with van der Waals surface area (Å²) in [6.45, 7) is 0. The van der Waals surface area contributed by atoms with Crippen LogP contribution in [0.3, 0.4) is 0 Å². The first-order valence-electron chi connectivity index (χ1n) is 4.42. The Morgan fingerprint density at radius 3 is 2.71 bits per heavy atom. The van der Waals surface area contributed by atoms with Gasteiger partial charge in [-0.25, -0.2) is 4.98 Å². The fourth-order valence-electron chi connectivity index (χ4n) is 1.80. The van der Waals surface area contributed by atoms with E-state index in [2.05, 4.69) is 4.98 Å². The number of fused-ring (bicyclic) bond motifs is 2. The predicted molar refractivity (Wildman–Crippen MR) is 53.9 cm³/mol. The Morgan fingerprint density at radius 2 is 1.93 bits per heavy atom. The van der Waals surface area contributed by atoms with E-state index >= 15 is 0 Å². The van der Waals surface area contributed by atoms with Crippen LogP contribution in [-0.2, 0) is 11.8 Å². The minimum Gasteiger partial charge on any atom is -0.334 e. The van der Waals surface area contributed by atoms with E-state index in [9.17, 15) is 4.79 Å². The third kappa shape index (κ3) is 0.865. The molecule has 68 valence electrons. The lowest BCUT2D eigenvalue weighted by Crippen LogP contribution is -2.20. The number of ketones is 1. The molecule has 1 aliphatic rings. The smallest absolute Gasteiger partial charge is 0.179 e. The van der Waals surface area contributed by atoms with E-state index in [1.54, 1.807) is 18.5 Å². The fraction of sp³-hybridized carbons (Fsp3) is 0.0909. The number of carbonyl (C=O) groups is 1. The molecule has 0 bridgehead atoms. The quantitative estimate of drug-likeness (QED) is 0.564. The summed E-state index contributed by atoms with van der Waals surface area (Å²) in [7, 11) is 1.95. The van der Waals surface area contributed by atoms with Crippen molar-refractivity contribution < 1.29 is 4.79 Å². The standard InChI is InChI=1S/C11H8N2O/c1-13-6-12-10-4-7-2-9(14)3-8(7)5-11(10)13/h2-6H,1H3. The first-order chi connectivity index (χ1) is 6.74. The van der Waals surface area contributed by atoms with Crippen molar-refractivity contribution in [1.29, 1.82) is 0 Å². The third-order valence-electron chi connectivity index (χ3n) is 2.53. The Morgan fingerprint density at radius 1 is 1.21 bits per heavy atom. The molecule has 14 heavy (non-hydrogen) atoms. The Hall–Kier alpha value is -1.90. The van der Waals surface area contributed by atoms with Crippen LogP contribution in [-0.4, -0.2) is 15.3 Å². The minimum atomic E-state index is 0.0651. The van der Waals surface area contributed by atoms with Gasteiger partial charge in [0.2, 0.25) is 0 Å². The van der Waals surface area contributed by atoms with Gasteiger partial charge in [0.1, 0.15) is 0 Å². The number of imidazole rings is 1. The summed E-state index contributed by atoms with van der Waals surface area (Å²) < 4.78 is 1.95. The van der Waals surface area contributed by atoms with Crippen molar-refractivity contribution in [3.05, 3.63) is 28.9 Å². The Balaban J connectivity index is 2.57. The Kier molecular flexibility index (Phi) is 1.24. The second kappa shape index (κ2) is 2.32. The number of benzene rings is 1. The van der Waals surface area contributed by atoms with Crippen molar-refractivity contribution in [2.24, 2.45) is 7.05 Å². The Bertz CT molecular complexity index is 664. The van der Waals surface area contributed by atoms with Gasteiger partial charge in [-0.1, -0.05) is 0 Å². The van der Waals surface area contributed by atoms with E-state index in [0.29, 0.717) is 0 Å². The van der Waals surface area contributed by atoms with Crippen LogP contribution in [0.5, 0.6) is 0 Å². The highest BCUT2D eigenvalue weighted by atomic mass is 16.1. The molecule has 0 spiro atoms. The van der Waals surface area contributed by atoms with Crippen molar-refractivity contribution in [2.75, 3.05) is 0 Å². The minimum absolute atomic E-state index is 0.0651. The molecule has 3 nitrogen and oxygen atoms in total. The van der Waals surface area contributed by atoms with E-state index in [4.69, 9.17) is 0 Å². The van der Waals surface area contributed by atoms with Crippen LogP contribution in [0, 0.1) is 0 Å². The molecule has 1 aliphatic carbocycles. The normalized spacial score (nSPS) is 13.9. The molecule has 0 saturated heterocycles. The average Bonchev–Trinajstić information content (AvgIpc) is 2.66. The lowest BCUT2D eigenvalue weighted by Gasteiger charge is -1.92. The van der Waals surface area contributed by atoms with Crippen molar-refractivity contribution in [2.45, 2.75) is 0 Å². The summed E-state index contributed by atoms with van der Waals surface area (Å²) in [6, 6.07) is 3.95. The molecule has 1 aromatic heterocycles. The van der Waals surface area contributed by atoms with E-state index in [0.717, 1.165) is 21.5 Å². The maximum atomic E-state index is 11.1. The van der Waals surface area contributed by atoms with Gasteiger partial charge in [-0.15, -0.1) is 0 Å². The summed E-state index contributed by atoms with van der Waals surface area (Å²) in [6.07, 6.45) is 5.08. The maximum absolute atomic E-state index is 11.1. The van der Waals surface area contributed by atoms with Crippen molar-refractivity contribution >= 4 is 29.0 Å². The van der Waals surface area contributed by atoms with Crippen molar-refractivity contribution in [3.8, 4) is 0 Å². The molecular weight excluding hydrogens is 176 g/mol. The van der Waals surface area contributed by atoms with Gasteiger partial charge in [0.15, 0.2) is 5.78 Å². The molecule has 1 aromatic carbocycles.